The standard InChI is InChI=1S/C28H26F4O/c1-33-17-20-5-2-18(3-6-20)4-7-21-15-26(30)24(27(31)16-21)12-9-19-8-11-23-22(14-19)10-13-25(29)28(23)32/h8,10-11,13-16,18,20H,2-7,17H2,1H3. The van der Waals surface area contributed by atoms with Crippen LogP contribution < -0.4 is 0 Å². The predicted octanol–water partition coefficient (Wildman–Crippen LogP) is 7.18. The molecule has 0 bridgehead atoms. The van der Waals surface area contributed by atoms with Crippen molar-refractivity contribution in [1.29, 1.82) is 0 Å². The van der Waals surface area contributed by atoms with Gasteiger partial charge >= 0.3 is 0 Å². The molecule has 4 rings (SSSR count). The lowest BCUT2D eigenvalue weighted by Crippen LogP contribution is -2.18. The largest absolute Gasteiger partial charge is 0.384 e. The van der Waals surface area contributed by atoms with E-state index in [0.29, 0.717) is 34.8 Å². The summed E-state index contributed by atoms with van der Waals surface area (Å²) in [6.45, 7) is 0.806. The maximum Gasteiger partial charge on any atom is 0.166 e. The van der Waals surface area contributed by atoms with Crippen molar-refractivity contribution in [2.45, 2.75) is 38.5 Å². The highest BCUT2D eigenvalue weighted by molar-refractivity contribution is 5.84. The first-order chi connectivity index (χ1) is 15.9. The molecule has 1 nitrogen and oxygen atoms in total. The molecule has 3 aromatic rings. The Morgan fingerprint density at radius 2 is 1.52 bits per heavy atom. The Kier molecular flexibility index (Phi) is 7.35. The fraction of sp³-hybridized carbons (Fsp3) is 0.357. The van der Waals surface area contributed by atoms with E-state index < -0.39 is 23.3 Å². The average molecular weight is 455 g/mol. The van der Waals surface area contributed by atoms with Crippen molar-refractivity contribution in [3.8, 4) is 11.8 Å². The van der Waals surface area contributed by atoms with Gasteiger partial charge in [0.15, 0.2) is 11.6 Å². The molecule has 0 radical (unpaired) electrons. The first-order valence-corrected chi connectivity index (χ1v) is 11.3. The van der Waals surface area contributed by atoms with Gasteiger partial charge in [-0.25, -0.2) is 17.6 Å². The third kappa shape index (κ3) is 5.57. The number of aryl methyl sites for hydroxylation is 1. The van der Waals surface area contributed by atoms with Gasteiger partial charge in [-0.3, -0.25) is 0 Å². The summed E-state index contributed by atoms with van der Waals surface area (Å²) in [6.07, 6.45) is 6.10. The maximum absolute atomic E-state index is 14.6. The smallest absolute Gasteiger partial charge is 0.166 e. The number of halogens is 4. The van der Waals surface area contributed by atoms with Crippen molar-refractivity contribution in [3.63, 3.8) is 0 Å². The summed E-state index contributed by atoms with van der Waals surface area (Å²) in [5.41, 5.74) is 0.808. The van der Waals surface area contributed by atoms with E-state index in [2.05, 4.69) is 11.8 Å². The number of rotatable bonds is 5. The zero-order valence-corrected chi connectivity index (χ0v) is 18.6. The van der Waals surface area contributed by atoms with E-state index in [9.17, 15) is 17.6 Å². The lowest BCUT2D eigenvalue weighted by atomic mass is 9.80. The molecule has 0 amide bonds. The molecular weight excluding hydrogens is 428 g/mol. The number of ether oxygens (including phenoxy) is 1. The van der Waals surface area contributed by atoms with E-state index in [1.807, 2.05) is 0 Å². The number of methoxy groups -OCH3 is 1. The molecule has 0 aromatic heterocycles. The molecule has 5 heteroatoms. The molecule has 3 aromatic carbocycles. The first kappa shape index (κ1) is 23.3. The topological polar surface area (TPSA) is 9.23 Å². The van der Waals surface area contributed by atoms with Gasteiger partial charge in [-0.1, -0.05) is 36.8 Å². The van der Waals surface area contributed by atoms with Crippen LogP contribution in [-0.2, 0) is 11.2 Å². The maximum atomic E-state index is 14.6. The van der Waals surface area contributed by atoms with E-state index in [4.69, 9.17) is 4.74 Å². The van der Waals surface area contributed by atoms with Gasteiger partial charge < -0.3 is 4.74 Å². The summed E-state index contributed by atoms with van der Waals surface area (Å²) in [4.78, 5) is 0. The van der Waals surface area contributed by atoms with Crippen LogP contribution in [0.1, 0.15) is 48.8 Å². The molecule has 0 heterocycles. The molecule has 0 aliphatic heterocycles. The van der Waals surface area contributed by atoms with Gasteiger partial charge in [-0.05, 0) is 78.8 Å². The highest BCUT2D eigenvalue weighted by atomic mass is 19.2. The molecule has 0 saturated heterocycles. The van der Waals surface area contributed by atoms with E-state index in [1.165, 1.54) is 30.3 Å². The highest BCUT2D eigenvalue weighted by Gasteiger charge is 2.21. The Labute approximate surface area is 191 Å². The van der Waals surface area contributed by atoms with Gasteiger partial charge in [0, 0.05) is 24.7 Å². The van der Waals surface area contributed by atoms with Crippen molar-refractivity contribution < 1.29 is 22.3 Å². The normalized spacial score (nSPS) is 18.2. The van der Waals surface area contributed by atoms with Crippen molar-refractivity contribution in [3.05, 3.63) is 82.4 Å². The van der Waals surface area contributed by atoms with E-state index >= 15 is 0 Å². The van der Waals surface area contributed by atoms with Crippen LogP contribution in [0.5, 0.6) is 0 Å². The average Bonchev–Trinajstić information content (AvgIpc) is 2.81. The number of benzene rings is 3. The Morgan fingerprint density at radius 3 is 2.21 bits per heavy atom. The zero-order chi connectivity index (χ0) is 23.4. The summed E-state index contributed by atoms with van der Waals surface area (Å²) in [7, 11) is 1.73. The molecule has 0 spiro atoms. The van der Waals surface area contributed by atoms with Gasteiger partial charge in [0.25, 0.3) is 0 Å². The fourth-order valence-electron chi connectivity index (χ4n) is 4.66. The fourth-order valence-corrected chi connectivity index (χ4v) is 4.66. The summed E-state index contributed by atoms with van der Waals surface area (Å²) < 4.78 is 61.7. The molecule has 0 N–H and O–H groups in total. The molecular formula is C28H26F4O. The zero-order valence-electron chi connectivity index (χ0n) is 18.6. The van der Waals surface area contributed by atoms with E-state index in [0.717, 1.165) is 44.8 Å². The first-order valence-electron chi connectivity index (χ1n) is 11.3. The van der Waals surface area contributed by atoms with Crippen molar-refractivity contribution in [2.24, 2.45) is 11.8 Å². The highest BCUT2D eigenvalue weighted by Crippen LogP contribution is 2.32. The van der Waals surface area contributed by atoms with E-state index in [1.54, 1.807) is 13.2 Å². The predicted molar refractivity (Wildman–Crippen MR) is 122 cm³/mol. The van der Waals surface area contributed by atoms with Gasteiger partial charge in [0.05, 0.1) is 5.56 Å². The van der Waals surface area contributed by atoms with Crippen LogP contribution >= 0.6 is 0 Å². The molecule has 172 valence electrons. The Balaban J connectivity index is 1.44. The molecule has 1 fully saturated rings. The van der Waals surface area contributed by atoms with Gasteiger partial charge in [0.2, 0.25) is 0 Å². The summed E-state index contributed by atoms with van der Waals surface area (Å²) in [5, 5.41) is 0.600. The molecule has 1 aliphatic carbocycles. The van der Waals surface area contributed by atoms with E-state index in [-0.39, 0.29) is 10.9 Å². The Morgan fingerprint density at radius 1 is 0.818 bits per heavy atom. The second kappa shape index (κ2) is 10.4. The quantitative estimate of drug-likeness (QED) is 0.293. The summed E-state index contributed by atoms with van der Waals surface area (Å²) in [6, 6.07) is 9.69. The number of hydrogen-bond acceptors (Lipinski definition) is 1. The van der Waals surface area contributed by atoms with Gasteiger partial charge in [-0.2, -0.15) is 0 Å². The Hall–Kier alpha value is -2.84. The van der Waals surface area contributed by atoms with Crippen LogP contribution in [0.4, 0.5) is 17.6 Å². The van der Waals surface area contributed by atoms with Crippen molar-refractivity contribution >= 4 is 10.8 Å². The minimum absolute atomic E-state index is 0.134. The number of hydrogen-bond donors (Lipinski definition) is 0. The summed E-state index contributed by atoms with van der Waals surface area (Å²) >= 11 is 0. The Bertz CT molecular complexity index is 1180. The summed E-state index contributed by atoms with van der Waals surface area (Å²) in [5.74, 6) is 3.27. The van der Waals surface area contributed by atoms with Crippen LogP contribution in [0.15, 0.2) is 42.5 Å². The monoisotopic (exact) mass is 454 g/mol. The van der Waals surface area contributed by atoms with Crippen molar-refractivity contribution in [1.82, 2.24) is 0 Å². The molecule has 1 aliphatic rings. The van der Waals surface area contributed by atoms with Gasteiger partial charge in [0.1, 0.15) is 11.6 Å². The van der Waals surface area contributed by atoms with Crippen LogP contribution in [0.25, 0.3) is 10.8 Å². The minimum atomic E-state index is -0.928. The minimum Gasteiger partial charge on any atom is -0.384 e. The van der Waals surface area contributed by atoms with Gasteiger partial charge in [-0.15, -0.1) is 0 Å². The van der Waals surface area contributed by atoms with Crippen LogP contribution in [0.2, 0.25) is 0 Å². The molecule has 0 unspecified atom stereocenters. The second-order valence-corrected chi connectivity index (χ2v) is 8.86. The lowest BCUT2D eigenvalue weighted by Gasteiger charge is -2.28. The third-order valence-corrected chi connectivity index (χ3v) is 6.55. The second-order valence-electron chi connectivity index (χ2n) is 8.86. The van der Waals surface area contributed by atoms with Crippen LogP contribution in [0, 0.1) is 46.9 Å². The molecule has 0 atom stereocenters. The van der Waals surface area contributed by atoms with Crippen LogP contribution in [-0.4, -0.2) is 13.7 Å². The van der Waals surface area contributed by atoms with Crippen molar-refractivity contribution in [2.75, 3.05) is 13.7 Å². The molecule has 33 heavy (non-hydrogen) atoms. The number of fused-ring (bicyclic) bond motifs is 1. The molecule has 1 saturated carbocycles. The third-order valence-electron chi connectivity index (χ3n) is 6.55. The lowest BCUT2D eigenvalue weighted by molar-refractivity contribution is 0.117. The SMILES string of the molecule is COCC1CCC(CCc2cc(F)c(C#Cc3ccc4c(F)c(F)ccc4c3)c(F)c2)CC1. The van der Waals surface area contributed by atoms with Crippen LogP contribution in [0.3, 0.4) is 0 Å².